The van der Waals surface area contributed by atoms with Crippen LogP contribution in [-0.2, 0) is 9.84 Å². The summed E-state index contributed by atoms with van der Waals surface area (Å²) >= 11 is 0. The van der Waals surface area contributed by atoms with Gasteiger partial charge in [0, 0.05) is 0 Å². The molecule has 0 saturated heterocycles. The minimum Gasteiger partial charge on any atom is -0.478 e. The molecule has 0 heterocycles. The van der Waals surface area contributed by atoms with Gasteiger partial charge >= 0.3 is 5.97 Å². The van der Waals surface area contributed by atoms with Crippen molar-refractivity contribution in [2.75, 3.05) is 0 Å². The van der Waals surface area contributed by atoms with Crippen molar-refractivity contribution in [2.24, 2.45) is 0 Å². The first kappa shape index (κ1) is 12.7. The second kappa shape index (κ2) is 3.90. The molecule has 0 amide bonds. The fourth-order valence-corrected chi connectivity index (χ4v) is 2.40. The number of carboxylic acid groups (broad SMARTS) is 1. The molecule has 1 N–H and O–H groups in total. The molecule has 0 fully saturated rings. The van der Waals surface area contributed by atoms with Gasteiger partial charge in [0.2, 0.25) is 0 Å². The lowest BCUT2D eigenvalue weighted by molar-refractivity contribution is 0.0696. The van der Waals surface area contributed by atoms with Crippen LogP contribution in [0.1, 0.15) is 31.1 Å². The number of sulfone groups is 1. The molecule has 0 aliphatic rings. The molecule has 5 heteroatoms. The summed E-state index contributed by atoms with van der Waals surface area (Å²) in [6.45, 7) is 4.74. The molecule has 0 aliphatic carbocycles. The van der Waals surface area contributed by atoms with Crippen LogP contribution in [0.25, 0.3) is 0 Å². The lowest BCUT2D eigenvalue weighted by atomic mass is 10.2. The van der Waals surface area contributed by atoms with Crippen molar-refractivity contribution < 1.29 is 18.3 Å². The average Bonchev–Trinajstić information content (AvgIpc) is 2.16. The van der Waals surface area contributed by atoms with Crippen LogP contribution in [0.15, 0.2) is 29.2 Å². The summed E-state index contributed by atoms with van der Waals surface area (Å²) < 4.78 is 23.1. The van der Waals surface area contributed by atoms with Crippen LogP contribution in [0.3, 0.4) is 0 Å². The molecular weight excluding hydrogens is 228 g/mol. The molecular formula is C11H14O4S. The Bertz CT molecular complexity index is 509. The molecule has 0 aliphatic heterocycles. The van der Waals surface area contributed by atoms with Gasteiger partial charge in [0.1, 0.15) is 0 Å². The van der Waals surface area contributed by atoms with E-state index in [0.29, 0.717) is 0 Å². The van der Waals surface area contributed by atoms with Crippen LogP contribution < -0.4 is 0 Å². The molecule has 0 spiro atoms. The maximum atomic E-state index is 12.0. The van der Waals surface area contributed by atoms with Crippen LogP contribution in [0, 0.1) is 0 Å². The lowest BCUT2D eigenvalue weighted by Gasteiger charge is -2.19. The second-order valence-corrected chi connectivity index (χ2v) is 7.15. The van der Waals surface area contributed by atoms with E-state index in [9.17, 15) is 13.2 Å². The summed E-state index contributed by atoms with van der Waals surface area (Å²) in [6, 6.07) is 5.39. The molecule has 88 valence electrons. The number of rotatable bonds is 2. The normalized spacial score (nSPS) is 12.4. The van der Waals surface area contributed by atoms with Crippen molar-refractivity contribution in [1.82, 2.24) is 0 Å². The number of carbonyl (C=O) groups is 1. The summed E-state index contributed by atoms with van der Waals surface area (Å²) in [5.41, 5.74) is -0.0228. The van der Waals surface area contributed by atoms with Crippen LogP contribution in [0.4, 0.5) is 0 Å². The Kier molecular flexibility index (Phi) is 3.10. The zero-order valence-corrected chi connectivity index (χ0v) is 10.2. The number of aromatic carboxylic acids is 1. The summed E-state index contributed by atoms with van der Waals surface area (Å²) in [5, 5.41) is 8.78. The highest BCUT2D eigenvalue weighted by Crippen LogP contribution is 2.25. The molecule has 1 aromatic rings. The van der Waals surface area contributed by atoms with Crippen molar-refractivity contribution in [3.8, 4) is 0 Å². The van der Waals surface area contributed by atoms with Crippen molar-refractivity contribution in [2.45, 2.75) is 30.4 Å². The van der Waals surface area contributed by atoms with Crippen molar-refractivity contribution >= 4 is 15.8 Å². The van der Waals surface area contributed by atoms with E-state index in [-0.39, 0.29) is 10.5 Å². The fourth-order valence-electron chi connectivity index (χ4n) is 1.15. The van der Waals surface area contributed by atoms with E-state index >= 15 is 0 Å². The Morgan fingerprint density at radius 3 is 2.25 bits per heavy atom. The third-order valence-electron chi connectivity index (χ3n) is 2.20. The SMILES string of the molecule is CC(C)(C)S(=O)(=O)c1cccc(C(=O)O)c1. The van der Waals surface area contributed by atoms with Gasteiger partial charge < -0.3 is 5.11 Å². The van der Waals surface area contributed by atoms with Gasteiger partial charge in [-0.25, -0.2) is 13.2 Å². The number of hydrogen-bond acceptors (Lipinski definition) is 3. The Morgan fingerprint density at radius 2 is 1.81 bits per heavy atom. The predicted octanol–water partition coefficient (Wildman–Crippen LogP) is 1.96. The van der Waals surface area contributed by atoms with Crippen LogP contribution >= 0.6 is 0 Å². The molecule has 0 saturated carbocycles. The van der Waals surface area contributed by atoms with Gasteiger partial charge in [0.25, 0.3) is 0 Å². The number of carboxylic acids is 1. The number of benzene rings is 1. The summed E-state index contributed by atoms with van der Waals surface area (Å²) in [4.78, 5) is 10.8. The fraction of sp³-hybridized carbons (Fsp3) is 0.364. The molecule has 0 aromatic heterocycles. The predicted molar refractivity (Wildman–Crippen MR) is 60.3 cm³/mol. The van der Waals surface area contributed by atoms with Gasteiger partial charge in [-0.15, -0.1) is 0 Å². The topological polar surface area (TPSA) is 71.4 Å². The van der Waals surface area contributed by atoms with Crippen molar-refractivity contribution in [1.29, 1.82) is 0 Å². The summed E-state index contributed by atoms with van der Waals surface area (Å²) in [5.74, 6) is -1.13. The maximum Gasteiger partial charge on any atom is 0.335 e. The van der Waals surface area contributed by atoms with E-state index in [0.717, 1.165) is 0 Å². The van der Waals surface area contributed by atoms with Crippen LogP contribution in [-0.4, -0.2) is 24.2 Å². The van der Waals surface area contributed by atoms with Gasteiger partial charge in [-0.05, 0) is 39.0 Å². The smallest absolute Gasteiger partial charge is 0.335 e. The highest BCUT2D eigenvalue weighted by atomic mass is 32.2. The first-order chi connectivity index (χ1) is 7.16. The zero-order valence-electron chi connectivity index (χ0n) is 9.39. The molecule has 0 bridgehead atoms. The maximum absolute atomic E-state index is 12.0. The molecule has 1 aromatic carbocycles. The first-order valence-electron chi connectivity index (χ1n) is 4.74. The highest BCUT2D eigenvalue weighted by Gasteiger charge is 2.31. The average molecular weight is 242 g/mol. The van der Waals surface area contributed by atoms with Gasteiger partial charge in [-0.3, -0.25) is 0 Å². The quantitative estimate of drug-likeness (QED) is 0.860. The third kappa shape index (κ3) is 2.24. The van der Waals surface area contributed by atoms with E-state index in [1.165, 1.54) is 24.3 Å². The minimum atomic E-state index is -3.50. The summed E-state index contributed by atoms with van der Waals surface area (Å²) in [7, 11) is -3.50. The van der Waals surface area contributed by atoms with E-state index in [1.54, 1.807) is 20.8 Å². The highest BCUT2D eigenvalue weighted by molar-refractivity contribution is 7.92. The Hall–Kier alpha value is -1.36. The molecule has 0 unspecified atom stereocenters. The van der Waals surface area contributed by atoms with Gasteiger partial charge in [-0.2, -0.15) is 0 Å². The first-order valence-corrected chi connectivity index (χ1v) is 6.22. The number of hydrogen-bond donors (Lipinski definition) is 1. The van der Waals surface area contributed by atoms with Gasteiger partial charge in [0.05, 0.1) is 15.2 Å². The Morgan fingerprint density at radius 1 is 1.25 bits per heavy atom. The van der Waals surface area contributed by atoms with E-state index < -0.39 is 20.6 Å². The minimum absolute atomic E-state index is 0.0228. The molecule has 4 nitrogen and oxygen atoms in total. The van der Waals surface area contributed by atoms with Crippen molar-refractivity contribution in [3.05, 3.63) is 29.8 Å². The monoisotopic (exact) mass is 242 g/mol. The molecule has 16 heavy (non-hydrogen) atoms. The molecule has 0 atom stereocenters. The van der Waals surface area contributed by atoms with E-state index in [2.05, 4.69) is 0 Å². The van der Waals surface area contributed by atoms with Crippen LogP contribution in [0.5, 0.6) is 0 Å². The Labute approximate surface area is 94.8 Å². The zero-order chi connectivity index (χ0) is 12.6. The third-order valence-corrected chi connectivity index (χ3v) is 4.68. The van der Waals surface area contributed by atoms with Crippen LogP contribution in [0.2, 0.25) is 0 Å². The largest absolute Gasteiger partial charge is 0.478 e. The molecule has 1 rings (SSSR count). The molecule has 0 radical (unpaired) electrons. The van der Waals surface area contributed by atoms with E-state index in [1.807, 2.05) is 0 Å². The standard InChI is InChI=1S/C11H14O4S/c1-11(2,3)16(14,15)9-6-4-5-8(7-9)10(12)13/h4-7H,1-3H3,(H,12,13). The van der Waals surface area contributed by atoms with Crippen molar-refractivity contribution in [3.63, 3.8) is 0 Å². The van der Waals surface area contributed by atoms with Gasteiger partial charge in [-0.1, -0.05) is 6.07 Å². The van der Waals surface area contributed by atoms with E-state index in [4.69, 9.17) is 5.11 Å². The second-order valence-electron chi connectivity index (χ2n) is 4.45. The lowest BCUT2D eigenvalue weighted by Crippen LogP contribution is -2.28. The summed E-state index contributed by atoms with van der Waals surface area (Å²) in [6.07, 6.45) is 0. The Balaban J connectivity index is 3.36. The van der Waals surface area contributed by atoms with Gasteiger partial charge in [0.15, 0.2) is 9.84 Å².